The van der Waals surface area contributed by atoms with E-state index in [4.69, 9.17) is 10.5 Å². The summed E-state index contributed by atoms with van der Waals surface area (Å²) >= 11 is 0. The van der Waals surface area contributed by atoms with Gasteiger partial charge < -0.3 is 15.4 Å². The lowest BCUT2D eigenvalue weighted by atomic mass is 10.0. The Kier molecular flexibility index (Phi) is 2.75. The Balaban J connectivity index is 2.02. The number of halogens is 2. The van der Waals surface area contributed by atoms with Crippen molar-refractivity contribution in [3.8, 4) is 0 Å². The van der Waals surface area contributed by atoms with Gasteiger partial charge in [-0.2, -0.15) is 0 Å². The van der Waals surface area contributed by atoms with E-state index < -0.39 is 17.2 Å². The minimum absolute atomic E-state index is 0.470. The van der Waals surface area contributed by atoms with Gasteiger partial charge >= 0.3 is 0 Å². The quantitative estimate of drug-likeness (QED) is 0.873. The zero-order chi connectivity index (χ0) is 12.8. The highest BCUT2D eigenvalue weighted by Gasteiger charge is 2.43. The highest BCUT2D eigenvalue weighted by Crippen LogP contribution is 2.47. The molecule has 0 aromatic heterocycles. The van der Waals surface area contributed by atoms with Crippen molar-refractivity contribution in [2.24, 2.45) is 5.73 Å². The van der Waals surface area contributed by atoms with Crippen LogP contribution in [0.4, 0.5) is 14.5 Å². The molecule has 0 amide bonds. The van der Waals surface area contributed by atoms with Crippen molar-refractivity contribution < 1.29 is 13.5 Å². The van der Waals surface area contributed by atoms with Crippen LogP contribution in [0.3, 0.4) is 0 Å². The average molecular weight is 254 g/mol. The minimum Gasteiger partial charge on any atom is -0.378 e. The second kappa shape index (κ2) is 4.17. The van der Waals surface area contributed by atoms with Gasteiger partial charge in [0.25, 0.3) is 0 Å². The van der Waals surface area contributed by atoms with E-state index in [2.05, 4.69) is 0 Å². The fourth-order valence-electron chi connectivity index (χ4n) is 2.41. The number of benzene rings is 1. The molecule has 5 heteroatoms. The van der Waals surface area contributed by atoms with Gasteiger partial charge in [0.2, 0.25) is 0 Å². The van der Waals surface area contributed by atoms with Gasteiger partial charge in [0, 0.05) is 30.4 Å². The number of ether oxygens (including phenoxy) is 1. The third-order valence-electron chi connectivity index (χ3n) is 3.72. The number of hydrogen-bond acceptors (Lipinski definition) is 3. The van der Waals surface area contributed by atoms with Crippen molar-refractivity contribution in [3.05, 3.63) is 29.3 Å². The summed E-state index contributed by atoms with van der Waals surface area (Å²) in [6, 6.07) is 2.52. The van der Waals surface area contributed by atoms with Gasteiger partial charge in [0.05, 0.1) is 13.2 Å². The van der Waals surface area contributed by atoms with Gasteiger partial charge in [0.15, 0.2) is 11.6 Å². The molecule has 1 heterocycles. The Bertz CT molecular complexity index is 468. The van der Waals surface area contributed by atoms with E-state index >= 15 is 0 Å². The highest BCUT2D eigenvalue weighted by atomic mass is 19.2. The Labute approximate surface area is 105 Å². The first-order chi connectivity index (χ1) is 8.60. The smallest absolute Gasteiger partial charge is 0.160 e. The van der Waals surface area contributed by atoms with Crippen LogP contribution in [0, 0.1) is 11.6 Å². The zero-order valence-electron chi connectivity index (χ0n) is 10.1. The fraction of sp³-hybridized carbons (Fsp3) is 0.538. The Morgan fingerprint density at radius 1 is 1.11 bits per heavy atom. The number of nitrogens with two attached hydrogens (primary N) is 1. The monoisotopic (exact) mass is 254 g/mol. The van der Waals surface area contributed by atoms with Crippen LogP contribution in [0.25, 0.3) is 0 Å². The number of rotatable bonds is 2. The van der Waals surface area contributed by atoms with Crippen LogP contribution in [0.2, 0.25) is 0 Å². The molecule has 98 valence electrons. The summed E-state index contributed by atoms with van der Waals surface area (Å²) < 4.78 is 32.1. The maximum absolute atomic E-state index is 13.4. The number of hydrogen-bond donors (Lipinski definition) is 1. The van der Waals surface area contributed by atoms with Crippen LogP contribution >= 0.6 is 0 Å². The maximum Gasteiger partial charge on any atom is 0.160 e. The SMILES string of the molecule is NC1(c2cc(F)c(F)cc2N2CCOCC2)CC1. The molecule has 1 aliphatic carbocycles. The summed E-state index contributed by atoms with van der Waals surface area (Å²) in [6.07, 6.45) is 1.66. The Morgan fingerprint density at radius 2 is 1.72 bits per heavy atom. The second-order valence-electron chi connectivity index (χ2n) is 5.04. The second-order valence-corrected chi connectivity index (χ2v) is 5.04. The molecule has 1 aromatic rings. The van der Waals surface area contributed by atoms with E-state index in [0.29, 0.717) is 26.3 Å². The van der Waals surface area contributed by atoms with E-state index in [1.165, 1.54) is 12.1 Å². The molecule has 0 atom stereocenters. The number of anilines is 1. The molecule has 1 saturated heterocycles. The van der Waals surface area contributed by atoms with Gasteiger partial charge in [0.1, 0.15) is 0 Å². The molecule has 1 aromatic carbocycles. The Morgan fingerprint density at radius 3 is 2.33 bits per heavy atom. The van der Waals surface area contributed by atoms with Crippen molar-refractivity contribution in [3.63, 3.8) is 0 Å². The predicted molar refractivity (Wildman–Crippen MR) is 64.5 cm³/mol. The lowest BCUT2D eigenvalue weighted by Crippen LogP contribution is -2.38. The van der Waals surface area contributed by atoms with Crippen LogP contribution in [-0.4, -0.2) is 26.3 Å². The molecule has 1 aliphatic heterocycles. The van der Waals surface area contributed by atoms with E-state index in [9.17, 15) is 8.78 Å². The van der Waals surface area contributed by atoms with Crippen molar-refractivity contribution >= 4 is 5.69 Å². The van der Waals surface area contributed by atoms with Crippen LogP contribution < -0.4 is 10.6 Å². The lowest BCUT2D eigenvalue weighted by molar-refractivity contribution is 0.122. The van der Waals surface area contributed by atoms with E-state index in [-0.39, 0.29) is 0 Å². The van der Waals surface area contributed by atoms with Gasteiger partial charge in [-0.25, -0.2) is 8.78 Å². The highest BCUT2D eigenvalue weighted by molar-refractivity contribution is 5.59. The molecule has 2 fully saturated rings. The van der Waals surface area contributed by atoms with Crippen LogP contribution in [0.15, 0.2) is 12.1 Å². The molecule has 0 bridgehead atoms. The summed E-state index contributed by atoms with van der Waals surface area (Å²) in [5.74, 6) is -1.64. The molecule has 0 spiro atoms. The summed E-state index contributed by atoms with van der Waals surface area (Å²) in [5.41, 5.74) is 7.12. The summed E-state index contributed by atoms with van der Waals surface area (Å²) in [4.78, 5) is 2.02. The van der Waals surface area contributed by atoms with Gasteiger partial charge in [-0.3, -0.25) is 0 Å². The van der Waals surface area contributed by atoms with Crippen LogP contribution in [0.1, 0.15) is 18.4 Å². The fourth-order valence-corrected chi connectivity index (χ4v) is 2.41. The van der Waals surface area contributed by atoms with Gasteiger partial charge in [-0.15, -0.1) is 0 Å². The molecule has 0 radical (unpaired) electrons. The van der Waals surface area contributed by atoms with Gasteiger partial charge in [-0.1, -0.05) is 0 Å². The standard InChI is InChI=1S/C13H16F2N2O/c14-10-7-9(13(16)1-2-13)12(8-11(10)15)17-3-5-18-6-4-17/h7-8H,1-6,16H2. The first-order valence-corrected chi connectivity index (χ1v) is 6.21. The molecule has 2 aliphatic rings. The normalized spacial score (nSPS) is 22.1. The predicted octanol–water partition coefficient (Wildman–Crippen LogP) is 1.75. The summed E-state index contributed by atoms with van der Waals surface area (Å²) in [7, 11) is 0. The third-order valence-corrected chi connectivity index (χ3v) is 3.72. The van der Waals surface area contributed by atoms with Crippen LogP contribution in [-0.2, 0) is 10.3 Å². The van der Waals surface area contributed by atoms with E-state index in [1.807, 2.05) is 4.90 Å². The largest absolute Gasteiger partial charge is 0.378 e. The molecular weight excluding hydrogens is 238 g/mol. The molecule has 2 N–H and O–H groups in total. The molecule has 18 heavy (non-hydrogen) atoms. The van der Waals surface area contributed by atoms with Crippen molar-refractivity contribution in [1.82, 2.24) is 0 Å². The number of morpholine rings is 1. The topological polar surface area (TPSA) is 38.5 Å². The third kappa shape index (κ3) is 1.97. The lowest BCUT2D eigenvalue weighted by Gasteiger charge is -2.32. The molecular formula is C13H16F2N2O. The maximum atomic E-state index is 13.4. The van der Waals surface area contributed by atoms with E-state index in [1.54, 1.807) is 0 Å². The first-order valence-electron chi connectivity index (χ1n) is 6.21. The molecule has 0 unspecified atom stereocenters. The molecule has 3 nitrogen and oxygen atoms in total. The van der Waals surface area contributed by atoms with Crippen molar-refractivity contribution in [1.29, 1.82) is 0 Å². The first kappa shape index (κ1) is 11.9. The molecule has 3 rings (SSSR count). The summed E-state index contributed by atoms with van der Waals surface area (Å²) in [6.45, 7) is 2.59. The summed E-state index contributed by atoms with van der Waals surface area (Å²) in [5, 5.41) is 0. The van der Waals surface area contributed by atoms with Crippen molar-refractivity contribution in [2.45, 2.75) is 18.4 Å². The van der Waals surface area contributed by atoms with Crippen LogP contribution in [0.5, 0.6) is 0 Å². The zero-order valence-corrected chi connectivity index (χ0v) is 10.1. The van der Waals surface area contributed by atoms with Gasteiger partial charge in [-0.05, 0) is 24.5 Å². The minimum atomic E-state index is -0.821. The Hall–Kier alpha value is -1.20. The average Bonchev–Trinajstić information content (AvgIpc) is 3.12. The van der Waals surface area contributed by atoms with Crippen molar-refractivity contribution in [2.75, 3.05) is 31.2 Å². The molecule has 1 saturated carbocycles. The van der Waals surface area contributed by atoms with E-state index in [0.717, 1.165) is 24.1 Å². The number of nitrogens with zero attached hydrogens (tertiary/aromatic N) is 1.